The summed E-state index contributed by atoms with van der Waals surface area (Å²) < 4.78 is 37.2. The van der Waals surface area contributed by atoms with Crippen molar-refractivity contribution in [2.24, 2.45) is 0 Å². The number of ether oxygens (including phenoxy) is 2. The summed E-state index contributed by atoms with van der Waals surface area (Å²) in [5, 5.41) is 0. The summed E-state index contributed by atoms with van der Waals surface area (Å²) in [7, 11) is -3.58. The average molecular weight is 448 g/mol. The molecular formula is C15H12Br2O4S. The lowest BCUT2D eigenvalue weighted by atomic mass is 10.3. The summed E-state index contributed by atoms with van der Waals surface area (Å²) in [5.74, 6) is 0.628. The van der Waals surface area contributed by atoms with Gasteiger partial charge >= 0.3 is 0 Å². The molecule has 4 nitrogen and oxygen atoms in total. The topological polar surface area (TPSA) is 55.9 Å². The molecule has 3 rings (SSSR count). The third-order valence-corrected chi connectivity index (χ3v) is 6.41. The Bertz CT molecular complexity index is 784. The lowest BCUT2D eigenvalue weighted by Crippen LogP contribution is -2.05. The van der Waals surface area contributed by atoms with E-state index in [0.29, 0.717) is 21.3 Å². The van der Waals surface area contributed by atoms with Gasteiger partial charge in [-0.25, -0.2) is 8.42 Å². The molecule has 0 N–H and O–H groups in total. The second-order valence-corrected chi connectivity index (χ2v) is 8.50. The molecule has 1 atom stereocenters. The van der Waals surface area contributed by atoms with Crippen LogP contribution in [0.4, 0.5) is 0 Å². The third kappa shape index (κ3) is 3.53. The molecule has 0 radical (unpaired) electrons. The molecule has 1 heterocycles. The molecule has 0 spiro atoms. The SMILES string of the molecule is O=S(=O)(c1ccc(OCC2CO2)cc1)c1cc(Br)ccc1Br. The van der Waals surface area contributed by atoms with E-state index >= 15 is 0 Å². The molecule has 116 valence electrons. The number of hydrogen-bond donors (Lipinski definition) is 0. The Balaban J connectivity index is 1.86. The zero-order chi connectivity index (χ0) is 15.7. The Labute approximate surface area is 145 Å². The van der Waals surface area contributed by atoms with Gasteiger partial charge < -0.3 is 9.47 Å². The molecule has 0 aliphatic carbocycles. The first-order valence-electron chi connectivity index (χ1n) is 6.51. The fraction of sp³-hybridized carbons (Fsp3) is 0.200. The second-order valence-electron chi connectivity index (χ2n) is 4.82. The number of epoxide rings is 1. The van der Waals surface area contributed by atoms with E-state index in [1.807, 2.05) is 0 Å². The number of sulfone groups is 1. The quantitative estimate of drug-likeness (QED) is 0.653. The van der Waals surface area contributed by atoms with E-state index in [9.17, 15) is 8.42 Å². The van der Waals surface area contributed by atoms with Crippen molar-refractivity contribution in [2.45, 2.75) is 15.9 Å². The van der Waals surface area contributed by atoms with Gasteiger partial charge in [-0.3, -0.25) is 0 Å². The van der Waals surface area contributed by atoms with Crippen molar-refractivity contribution in [3.8, 4) is 5.75 Å². The predicted molar refractivity (Wildman–Crippen MR) is 89.0 cm³/mol. The van der Waals surface area contributed by atoms with E-state index in [1.165, 1.54) is 0 Å². The molecule has 1 saturated heterocycles. The zero-order valence-electron chi connectivity index (χ0n) is 11.3. The van der Waals surface area contributed by atoms with Crippen LogP contribution in [0.5, 0.6) is 5.75 Å². The van der Waals surface area contributed by atoms with Gasteiger partial charge in [-0.05, 0) is 58.4 Å². The minimum Gasteiger partial charge on any atom is -0.491 e. The van der Waals surface area contributed by atoms with E-state index in [0.717, 1.165) is 6.61 Å². The van der Waals surface area contributed by atoms with Crippen molar-refractivity contribution >= 4 is 41.7 Å². The van der Waals surface area contributed by atoms with Gasteiger partial charge in [-0.15, -0.1) is 0 Å². The fourth-order valence-corrected chi connectivity index (χ4v) is 4.63. The average Bonchev–Trinajstić information content (AvgIpc) is 3.32. The maximum atomic E-state index is 12.7. The maximum absolute atomic E-state index is 12.7. The molecule has 0 aromatic heterocycles. The predicted octanol–water partition coefficient (Wildman–Crippen LogP) is 3.82. The number of benzene rings is 2. The Hall–Kier alpha value is -0.890. The minimum atomic E-state index is -3.58. The molecule has 1 unspecified atom stereocenters. The largest absolute Gasteiger partial charge is 0.491 e. The van der Waals surface area contributed by atoms with Crippen molar-refractivity contribution in [1.29, 1.82) is 0 Å². The Morgan fingerprint density at radius 1 is 1.14 bits per heavy atom. The summed E-state index contributed by atoms with van der Waals surface area (Å²) in [6.45, 7) is 1.21. The van der Waals surface area contributed by atoms with Crippen LogP contribution < -0.4 is 4.74 Å². The van der Waals surface area contributed by atoms with Crippen LogP contribution in [0, 0.1) is 0 Å². The smallest absolute Gasteiger partial charge is 0.207 e. The van der Waals surface area contributed by atoms with E-state index in [-0.39, 0.29) is 15.9 Å². The Morgan fingerprint density at radius 3 is 2.45 bits per heavy atom. The number of hydrogen-bond acceptors (Lipinski definition) is 4. The van der Waals surface area contributed by atoms with Crippen molar-refractivity contribution in [2.75, 3.05) is 13.2 Å². The van der Waals surface area contributed by atoms with Crippen LogP contribution in [-0.4, -0.2) is 27.7 Å². The van der Waals surface area contributed by atoms with Crippen LogP contribution in [0.15, 0.2) is 61.2 Å². The summed E-state index contributed by atoms with van der Waals surface area (Å²) in [4.78, 5) is 0.447. The van der Waals surface area contributed by atoms with Crippen LogP contribution in [0.25, 0.3) is 0 Å². The van der Waals surface area contributed by atoms with Crippen LogP contribution in [-0.2, 0) is 14.6 Å². The molecule has 0 amide bonds. The van der Waals surface area contributed by atoms with Gasteiger partial charge in [-0.2, -0.15) is 0 Å². The first kappa shape index (κ1) is 16.0. The molecule has 2 aromatic rings. The van der Waals surface area contributed by atoms with Crippen LogP contribution in [0.3, 0.4) is 0 Å². The van der Waals surface area contributed by atoms with Gasteiger partial charge in [0.15, 0.2) is 0 Å². The van der Waals surface area contributed by atoms with Crippen molar-refractivity contribution < 1.29 is 17.9 Å². The van der Waals surface area contributed by atoms with Crippen LogP contribution in [0.2, 0.25) is 0 Å². The monoisotopic (exact) mass is 446 g/mol. The highest BCUT2D eigenvalue weighted by molar-refractivity contribution is 9.11. The first-order valence-corrected chi connectivity index (χ1v) is 9.58. The third-order valence-electron chi connectivity index (χ3n) is 3.16. The lowest BCUT2D eigenvalue weighted by Gasteiger charge is -2.09. The summed E-state index contributed by atoms with van der Waals surface area (Å²) in [6.07, 6.45) is 0.168. The van der Waals surface area contributed by atoms with Gasteiger partial charge in [0, 0.05) is 8.95 Å². The molecule has 0 saturated carbocycles. The standard InChI is InChI=1S/C15H12Br2O4S/c16-10-1-6-14(17)15(7-10)22(18,19)13-4-2-11(3-5-13)20-8-12-9-21-12/h1-7,12H,8-9H2. The normalized spacial score (nSPS) is 17.3. The molecular weight excluding hydrogens is 436 g/mol. The summed E-state index contributed by atoms with van der Waals surface area (Å²) >= 11 is 6.58. The molecule has 1 aliphatic heterocycles. The van der Waals surface area contributed by atoms with Crippen LogP contribution in [0.1, 0.15) is 0 Å². The molecule has 1 aliphatic rings. The van der Waals surface area contributed by atoms with Gasteiger partial charge in [0.05, 0.1) is 16.4 Å². The maximum Gasteiger partial charge on any atom is 0.207 e. The highest BCUT2D eigenvalue weighted by Crippen LogP contribution is 2.31. The highest BCUT2D eigenvalue weighted by atomic mass is 79.9. The van der Waals surface area contributed by atoms with E-state index in [2.05, 4.69) is 31.9 Å². The van der Waals surface area contributed by atoms with Crippen molar-refractivity contribution in [3.63, 3.8) is 0 Å². The molecule has 22 heavy (non-hydrogen) atoms. The molecule has 2 aromatic carbocycles. The number of rotatable bonds is 5. The molecule has 1 fully saturated rings. The van der Waals surface area contributed by atoms with E-state index in [1.54, 1.807) is 42.5 Å². The van der Waals surface area contributed by atoms with Gasteiger partial charge in [0.1, 0.15) is 18.5 Å². The molecule has 0 bridgehead atoms. The zero-order valence-corrected chi connectivity index (χ0v) is 15.3. The van der Waals surface area contributed by atoms with E-state index in [4.69, 9.17) is 9.47 Å². The highest BCUT2D eigenvalue weighted by Gasteiger charge is 2.24. The van der Waals surface area contributed by atoms with Gasteiger partial charge in [0.25, 0.3) is 0 Å². The number of halogens is 2. The summed E-state index contributed by atoms with van der Waals surface area (Å²) in [5.41, 5.74) is 0. The van der Waals surface area contributed by atoms with Crippen LogP contribution >= 0.6 is 31.9 Å². The Kier molecular flexibility index (Phi) is 4.59. The van der Waals surface area contributed by atoms with Crippen molar-refractivity contribution in [1.82, 2.24) is 0 Å². The first-order chi connectivity index (χ1) is 10.5. The van der Waals surface area contributed by atoms with Gasteiger partial charge in [0.2, 0.25) is 9.84 Å². The summed E-state index contributed by atoms with van der Waals surface area (Å²) in [6, 6.07) is 11.5. The fourth-order valence-electron chi connectivity index (χ4n) is 1.88. The van der Waals surface area contributed by atoms with E-state index < -0.39 is 9.84 Å². The lowest BCUT2D eigenvalue weighted by molar-refractivity contribution is 0.263. The van der Waals surface area contributed by atoms with Crippen molar-refractivity contribution in [3.05, 3.63) is 51.4 Å². The Morgan fingerprint density at radius 2 is 1.82 bits per heavy atom. The second kappa shape index (κ2) is 6.31. The van der Waals surface area contributed by atoms with Gasteiger partial charge in [-0.1, -0.05) is 15.9 Å². The minimum absolute atomic E-state index is 0.168. The molecule has 7 heteroatoms.